The van der Waals surface area contributed by atoms with Crippen molar-refractivity contribution in [1.82, 2.24) is 14.8 Å². The van der Waals surface area contributed by atoms with Gasteiger partial charge in [0, 0.05) is 38.2 Å². The van der Waals surface area contributed by atoms with Crippen molar-refractivity contribution < 1.29 is 18.7 Å². The monoisotopic (exact) mass is 395 g/mol. The van der Waals surface area contributed by atoms with E-state index in [1.54, 1.807) is 4.90 Å². The molecule has 0 spiro atoms. The molecule has 1 aromatic rings. The second kappa shape index (κ2) is 8.82. The summed E-state index contributed by atoms with van der Waals surface area (Å²) in [5.74, 6) is -2.54. The van der Waals surface area contributed by atoms with Crippen LogP contribution in [0.3, 0.4) is 0 Å². The molecule has 5 nitrogen and oxygen atoms in total. The smallest absolute Gasteiger partial charge is 0.250 e. The first-order chi connectivity index (χ1) is 13.3. The van der Waals surface area contributed by atoms with Crippen LogP contribution in [0.1, 0.15) is 61.0 Å². The Labute approximate surface area is 165 Å². The maximum atomic E-state index is 13.4. The largest absolute Gasteiger partial charge is 0.391 e. The molecule has 1 saturated carbocycles. The highest BCUT2D eigenvalue weighted by Gasteiger charge is 2.34. The number of carbonyl (C=O) groups is 1. The van der Waals surface area contributed by atoms with Gasteiger partial charge in [-0.25, -0.2) is 8.78 Å². The molecule has 2 fully saturated rings. The molecule has 0 radical (unpaired) electrons. The number of aromatic nitrogens is 1. The molecule has 1 aromatic heterocycles. The summed E-state index contributed by atoms with van der Waals surface area (Å²) in [5.41, 5.74) is 3.73. The van der Waals surface area contributed by atoms with Crippen molar-refractivity contribution in [2.24, 2.45) is 0 Å². The molecule has 1 N–H and O–H groups in total. The number of hydrogen-bond donors (Lipinski definition) is 1. The fraction of sp³-hybridized carbons (Fsp3) is 0.714. The van der Waals surface area contributed by atoms with Gasteiger partial charge in [0.05, 0.1) is 24.4 Å². The highest BCUT2D eigenvalue weighted by Crippen LogP contribution is 2.29. The molecule has 0 unspecified atom stereocenters. The summed E-state index contributed by atoms with van der Waals surface area (Å²) >= 11 is 0. The summed E-state index contributed by atoms with van der Waals surface area (Å²) in [6, 6.07) is 1.91. The van der Waals surface area contributed by atoms with Crippen LogP contribution >= 0.6 is 0 Å². The Morgan fingerprint density at radius 2 is 1.96 bits per heavy atom. The average molecular weight is 395 g/mol. The van der Waals surface area contributed by atoms with Crippen LogP contribution in [0.15, 0.2) is 6.07 Å². The molecular weight excluding hydrogens is 364 g/mol. The Bertz CT molecular complexity index is 688. The minimum Gasteiger partial charge on any atom is -0.391 e. The van der Waals surface area contributed by atoms with Crippen LogP contribution in [0.25, 0.3) is 0 Å². The highest BCUT2D eigenvalue weighted by atomic mass is 19.3. The lowest BCUT2D eigenvalue weighted by Gasteiger charge is -2.35. The first-order valence-corrected chi connectivity index (χ1v) is 10.2. The number of rotatable bonds is 6. The number of pyridine rings is 1. The van der Waals surface area contributed by atoms with Crippen LogP contribution in [-0.4, -0.2) is 57.5 Å². The van der Waals surface area contributed by atoms with Crippen LogP contribution < -0.4 is 0 Å². The molecule has 2 aliphatic rings. The fourth-order valence-electron chi connectivity index (χ4n) is 4.30. The topological polar surface area (TPSA) is 56.7 Å². The number of likely N-dealkylation sites (tertiary alicyclic amines) is 1. The van der Waals surface area contributed by atoms with Gasteiger partial charge in [0.25, 0.3) is 5.92 Å². The quantitative estimate of drug-likeness (QED) is 0.752. The SMILES string of the molecule is Cc1cc(CN2CCC(F)(F)CC2)c(C)nc1CN(C=O)[C@H]1CCCC[C@@H]1O. The molecule has 7 heteroatoms. The fourth-order valence-corrected chi connectivity index (χ4v) is 4.30. The van der Waals surface area contributed by atoms with Gasteiger partial charge in [0.15, 0.2) is 0 Å². The van der Waals surface area contributed by atoms with E-state index in [0.29, 0.717) is 26.2 Å². The van der Waals surface area contributed by atoms with Crippen molar-refractivity contribution in [3.63, 3.8) is 0 Å². The summed E-state index contributed by atoms with van der Waals surface area (Å²) in [5, 5.41) is 10.3. The molecule has 3 rings (SSSR count). The molecular formula is C21H31F2N3O2. The minimum absolute atomic E-state index is 0.0887. The van der Waals surface area contributed by atoms with E-state index in [9.17, 15) is 18.7 Å². The highest BCUT2D eigenvalue weighted by molar-refractivity contribution is 5.48. The van der Waals surface area contributed by atoms with Crippen molar-refractivity contribution in [2.45, 2.75) is 83.5 Å². The Balaban J connectivity index is 1.68. The Morgan fingerprint density at radius 1 is 1.29 bits per heavy atom. The number of hydrogen-bond acceptors (Lipinski definition) is 4. The lowest BCUT2D eigenvalue weighted by molar-refractivity contribution is -0.124. The number of alkyl halides is 2. The van der Waals surface area contributed by atoms with E-state index in [0.717, 1.165) is 54.6 Å². The van der Waals surface area contributed by atoms with Gasteiger partial charge in [-0.15, -0.1) is 0 Å². The molecule has 156 valence electrons. The van der Waals surface area contributed by atoms with Crippen molar-refractivity contribution in [1.29, 1.82) is 0 Å². The van der Waals surface area contributed by atoms with Crippen molar-refractivity contribution in [3.05, 3.63) is 28.6 Å². The summed E-state index contributed by atoms with van der Waals surface area (Å²) < 4.78 is 26.7. The van der Waals surface area contributed by atoms with Gasteiger partial charge in [0.1, 0.15) is 0 Å². The predicted molar refractivity (Wildman–Crippen MR) is 103 cm³/mol. The third-order valence-corrected chi connectivity index (χ3v) is 6.18. The summed E-state index contributed by atoms with van der Waals surface area (Å²) in [4.78, 5) is 20.1. The van der Waals surface area contributed by atoms with Crippen molar-refractivity contribution in [3.8, 4) is 0 Å². The van der Waals surface area contributed by atoms with Crippen LogP contribution in [0.5, 0.6) is 0 Å². The zero-order valence-electron chi connectivity index (χ0n) is 16.8. The maximum Gasteiger partial charge on any atom is 0.250 e. The minimum atomic E-state index is -2.54. The summed E-state index contributed by atoms with van der Waals surface area (Å²) in [6.07, 6.45) is 3.73. The number of aliphatic hydroxyl groups excluding tert-OH is 1. The Kier molecular flexibility index (Phi) is 6.65. The molecule has 1 saturated heterocycles. The Hall–Kier alpha value is -1.60. The van der Waals surface area contributed by atoms with Crippen LogP contribution in [0.4, 0.5) is 8.78 Å². The number of amides is 1. The lowest BCUT2D eigenvalue weighted by Crippen LogP contribution is -2.44. The van der Waals surface area contributed by atoms with E-state index in [4.69, 9.17) is 4.98 Å². The van der Waals surface area contributed by atoms with Gasteiger partial charge < -0.3 is 10.0 Å². The van der Waals surface area contributed by atoms with Crippen molar-refractivity contribution >= 4 is 6.41 Å². The van der Waals surface area contributed by atoms with Gasteiger partial charge >= 0.3 is 0 Å². The third kappa shape index (κ3) is 5.06. The van der Waals surface area contributed by atoms with Gasteiger partial charge in [-0.2, -0.15) is 0 Å². The van der Waals surface area contributed by atoms with E-state index in [-0.39, 0.29) is 18.9 Å². The molecule has 1 amide bonds. The average Bonchev–Trinajstić information content (AvgIpc) is 2.65. The summed E-state index contributed by atoms with van der Waals surface area (Å²) in [7, 11) is 0. The number of carbonyl (C=O) groups excluding carboxylic acids is 1. The third-order valence-electron chi connectivity index (χ3n) is 6.18. The number of aryl methyl sites for hydroxylation is 2. The number of nitrogens with zero attached hydrogens (tertiary/aromatic N) is 3. The zero-order chi connectivity index (χ0) is 20.3. The normalized spacial score (nSPS) is 25.5. The standard InChI is InChI=1S/C21H31F2N3O2/c1-15-11-17(12-25-9-7-21(22,23)8-10-25)16(2)24-18(15)13-26(14-27)19-5-3-4-6-20(19)28/h11,14,19-20,28H,3-10,12-13H2,1-2H3/t19-,20-/m0/s1. The maximum absolute atomic E-state index is 13.4. The second-order valence-electron chi connectivity index (χ2n) is 8.33. The molecule has 2 atom stereocenters. The first-order valence-electron chi connectivity index (χ1n) is 10.2. The van der Waals surface area contributed by atoms with E-state index >= 15 is 0 Å². The van der Waals surface area contributed by atoms with E-state index < -0.39 is 12.0 Å². The van der Waals surface area contributed by atoms with E-state index in [2.05, 4.69) is 11.0 Å². The van der Waals surface area contributed by atoms with Gasteiger partial charge in [0.2, 0.25) is 6.41 Å². The van der Waals surface area contributed by atoms with Crippen molar-refractivity contribution in [2.75, 3.05) is 13.1 Å². The van der Waals surface area contributed by atoms with Crippen LogP contribution in [0, 0.1) is 13.8 Å². The van der Waals surface area contributed by atoms with E-state index in [1.807, 2.05) is 13.8 Å². The molecule has 0 aromatic carbocycles. The molecule has 2 heterocycles. The number of halogens is 2. The molecule has 28 heavy (non-hydrogen) atoms. The second-order valence-corrected chi connectivity index (χ2v) is 8.33. The molecule has 1 aliphatic carbocycles. The molecule has 0 bridgehead atoms. The number of aliphatic hydroxyl groups is 1. The van der Waals surface area contributed by atoms with Gasteiger partial charge in [-0.05, 0) is 37.8 Å². The zero-order valence-corrected chi connectivity index (χ0v) is 16.8. The first kappa shape index (κ1) is 21.1. The molecule has 1 aliphatic heterocycles. The van der Waals surface area contributed by atoms with E-state index in [1.165, 1.54) is 0 Å². The predicted octanol–water partition coefficient (Wildman–Crippen LogP) is 3.19. The van der Waals surface area contributed by atoms with Gasteiger partial charge in [-0.1, -0.05) is 18.9 Å². The van der Waals surface area contributed by atoms with Gasteiger partial charge in [-0.3, -0.25) is 14.7 Å². The summed E-state index contributed by atoms with van der Waals surface area (Å²) in [6.45, 7) is 5.69. The lowest BCUT2D eigenvalue weighted by atomic mass is 9.91. The Morgan fingerprint density at radius 3 is 2.61 bits per heavy atom. The number of piperidine rings is 1. The van der Waals surface area contributed by atoms with Crippen LogP contribution in [0.2, 0.25) is 0 Å². The van der Waals surface area contributed by atoms with Crippen LogP contribution in [-0.2, 0) is 17.9 Å².